The van der Waals surface area contributed by atoms with Crippen molar-refractivity contribution in [3.63, 3.8) is 0 Å². The molecule has 2 heterocycles. The minimum absolute atomic E-state index is 0.0466. The van der Waals surface area contributed by atoms with Crippen molar-refractivity contribution < 1.29 is 19.1 Å². The van der Waals surface area contributed by atoms with Gasteiger partial charge in [-0.3, -0.25) is 19.5 Å². The maximum atomic E-state index is 13.2. The molecule has 0 unspecified atom stereocenters. The molecule has 0 atom stereocenters. The second-order valence-electron chi connectivity index (χ2n) is 8.87. The Morgan fingerprint density at radius 3 is 2.44 bits per heavy atom. The predicted molar refractivity (Wildman–Crippen MR) is 138 cm³/mol. The zero-order chi connectivity index (χ0) is 25.5. The van der Waals surface area contributed by atoms with E-state index in [-0.39, 0.29) is 11.8 Å². The van der Waals surface area contributed by atoms with Crippen LogP contribution in [0.2, 0.25) is 0 Å². The highest BCUT2D eigenvalue weighted by atomic mass is 16.5. The van der Waals surface area contributed by atoms with Crippen molar-refractivity contribution in [2.75, 3.05) is 45.2 Å². The standard InChI is InChI=1S/C28H32N4O4/c1-20-5-4-6-24(21(20)2)30-27(33)18-31-13-15-32(16-14-31)28(34)23-7-8-25(35-3)26(17-23)36-19-22-9-11-29-12-10-22/h4-12,17H,13-16,18-19H2,1-3H3,(H,30,33). The Morgan fingerprint density at radius 2 is 1.72 bits per heavy atom. The number of ether oxygens (including phenoxy) is 2. The van der Waals surface area contributed by atoms with Crippen LogP contribution in [0, 0.1) is 13.8 Å². The number of aryl methyl sites for hydroxylation is 1. The minimum atomic E-state index is -0.0640. The molecule has 1 N–H and O–H groups in total. The molecule has 0 saturated carbocycles. The Balaban J connectivity index is 1.32. The molecule has 2 amide bonds. The molecule has 3 aromatic rings. The molecule has 8 heteroatoms. The molecule has 0 radical (unpaired) electrons. The van der Waals surface area contributed by atoms with Crippen molar-refractivity contribution >= 4 is 17.5 Å². The van der Waals surface area contributed by atoms with Crippen LogP contribution in [0.5, 0.6) is 11.5 Å². The lowest BCUT2D eigenvalue weighted by Gasteiger charge is -2.34. The summed E-state index contributed by atoms with van der Waals surface area (Å²) in [6.45, 7) is 7.04. The first-order chi connectivity index (χ1) is 17.4. The van der Waals surface area contributed by atoms with Crippen LogP contribution in [0.1, 0.15) is 27.0 Å². The van der Waals surface area contributed by atoms with Gasteiger partial charge in [0.05, 0.1) is 13.7 Å². The lowest BCUT2D eigenvalue weighted by molar-refractivity contribution is -0.117. The van der Waals surface area contributed by atoms with E-state index in [4.69, 9.17) is 9.47 Å². The maximum absolute atomic E-state index is 13.2. The van der Waals surface area contributed by atoms with Crippen molar-refractivity contribution in [2.45, 2.75) is 20.5 Å². The molecule has 1 saturated heterocycles. The molecule has 188 valence electrons. The summed E-state index contributed by atoms with van der Waals surface area (Å²) in [5.74, 6) is 0.975. The average Bonchev–Trinajstić information content (AvgIpc) is 2.90. The molecule has 4 rings (SSSR count). The number of methoxy groups -OCH3 is 1. The third-order valence-electron chi connectivity index (χ3n) is 6.46. The normalized spacial score (nSPS) is 13.8. The third kappa shape index (κ3) is 6.20. The lowest BCUT2D eigenvalue weighted by Crippen LogP contribution is -2.50. The zero-order valence-electron chi connectivity index (χ0n) is 21.0. The molecule has 0 bridgehead atoms. The van der Waals surface area contributed by atoms with Gasteiger partial charge in [-0.25, -0.2) is 0 Å². The molecule has 0 aliphatic carbocycles. The van der Waals surface area contributed by atoms with E-state index in [1.807, 2.05) is 49.1 Å². The van der Waals surface area contributed by atoms with Gasteiger partial charge in [0.1, 0.15) is 6.61 Å². The smallest absolute Gasteiger partial charge is 0.254 e. The molecule has 1 aliphatic heterocycles. The first-order valence-corrected chi connectivity index (χ1v) is 12.0. The van der Waals surface area contributed by atoms with Crippen LogP contribution in [-0.4, -0.2) is 66.4 Å². The molecule has 36 heavy (non-hydrogen) atoms. The number of rotatable bonds is 8. The fourth-order valence-corrected chi connectivity index (χ4v) is 4.13. The summed E-state index contributed by atoms with van der Waals surface area (Å²) in [7, 11) is 1.58. The van der Waals surface area contributed by atoms with Gasteiger partial charge in [0.15, 0.2) is 11.5 Å². The first-order valence-electron chi connectivity index (χ1n) is 12.0. The van der Waals surface area contributed by atoms with Crippen molar-refractivity contribution in [1.82, 2.24) is 14.8 Å². The Bertz CT molecular complexity index is 1210. The largest absolute Gasteiger partial charge is 0.493 e. The monoisotopic (exact) mass is 488 g/mol. The van der Waals surface area contributed by atoms with E-state index in [1.54, 1.807) is 37.7 Å². The number of carbonyl (C=O) groups is 2. The van der Waals surface area contributed by atoms with Gasteiger partial charge in [-0.05, 0) is 66.9 Å². The third-order valence-corrected chi connectivity index (χ3v) is 6.46. The van der Waals surface area contributed by atoms with E-state index >= 15 is 0 Å². The lowest BCUT2D eigenvalue weighted by atomic mass is 10.1. The Morgan fingerprint density at radius 1 is 0.972 bits per heavy atom. The summed E-state index contributed by atoms with van der Waals surface area (Å²) >= 11 is 0. The van der Waals surface area contributed by atoms with Gasteiger partial charge in [-0.2, -0.15) is 0 Å². The Kier molecular flexibility index (Phi) is 8.17. The van der Waals surface area contributed by atoms with Gasteiger partial charge >= 0.3 is 0 Å². The SMILES string of the molecule is COc1ccc(C(=O)N2CCN(CC(=O)Nc3cccc(C)c3C)CC2)cc1OCc1ccncc1. The van der Waals surface area contributed by atoms with E-state index < -0.39 is 0 Å². The van der Waals surface area contributed by atoms with Crippen LogP contribution in [0.25, 0.3) is 0 Å². The van der Waals surface area contributed by atoms with E-state index in [1.165, 1.54) is 0 Å². The number of nitrogens with zero attached hydrogens (tertiary/aromatic N) is 3. The van der Waals surface area contributed by atoms with Gasteiger partial charge in [-0.1, -0.05) is 12.1 Å². The highest BCUT2D eigenvalue weighted by Gasteiger charge is 2.24. The summed E-state index contributed by atoms with van der Waals surface area (Å²) in [5.41, 5.74) is 4.58. The van der Waals surface area contributed by atoms with Crippen molar-refractivity contribution in [3.05, 3.63) is 83.2 Å². The number of anilines is 1. The number of piperazine rings is 1. The van der Waals surface area contributed by atoms with Crippen LogP contribution >= 0.6 is 0 Å². The van der Waals surface area contributed by atoms with Crippen LogP contribution in [0.3, 0.4) is 0 Å². The van der Waals surface area contributed by atoms with Crippen LogP contribution in [0.15, 0.2) is 60.9 Å². The summed E-state index contributed by atoms with van der Waals surface area (Å²) in [6.07, 6.45) is 3.42. The van der Waals surface area contributed by atoms with Gasteiger partial charge in [0.2, 0.25) is 5.91 Å². The second kappa shape index (κ2) is 11.7. The first kappa shape index (κ1) is 25.2. The van der Waals surface area contributed by atoms with Crippen LogP contribution in [-0.2, 0) is 11.4 Å². The molecule has 0 spiro atoms. The van der Waals surface area contributed by atoms with E-state index in [9.17, 15) is 9.59 Å². The highest BCUT2D eigenvalue weighted by Crippen LogP contribution is 2.29. The molecule has 1 aromatic heterocycles. The topological polar surface area (TPSA) is 84.0 Å². The molecule has 1 aliphatic rings. The van der Waals surface area contributed by atoms with Crippen molar-refractivity contribution in [2.24, 2.45) is 0 Å². The molecular formula is C28H32N4O4. The average molecular weight is 489 g/mol. The summed E-state index contributed by atoms with van der Waals surface area (Å²) in [4.78, 5) is 33.7. The minimum Gasteiger partial charge on any atom is -0.493 e. The molecule has 1 fully saturated rings. The fourth-order valence-electron chi connectivity index (χ4n) is 4.13. The van der Waals surface area contributed by atoms with Crippen LogP contribution < -0.4 is 14.8 Å². The van der Waals surface area contributed by atoms with Crippen molar-refractivity contribution in [1.29, 1.82) is 0 Å². The summed E-state index contributed by atoms with van der Waals surface area (Å²) < 4.78 is 11.4. The quantitative estimate of drug-likeness (QED) is 0.521. The molecular weight excluding hydrogens is 456 g/mol. The number of carbonyl (C=O) groups excluding carboxylic acids is 2. The van der Waals surface area contributed by atoms with Gasteiger partial charge in [-0.15, -0.1) is 0 Å². The summed E-state index contributed by atoms with van der Waals surface area (Å²) in [6, 6.07) is 14.9. The molecule has 2 aromatic carbocycles. The van der Waals surface area contributed by atoms with Gasteiger partial charge < -0.3 is 19.7 Å². The summed E-state index contributed by atoms with van der Waals surface area (Å²) in [5, 5.41) is 3.01. The number of hydrogen-bond donors (Lipinski definition) is 1. The maximum Gasteiger partial charge on any atom is 0.254 e. The number of pyridine rings is 1. The van der Waals surface area contributed by atoms with Crippen LogP contribution in [0.4, 0.5) is 5.69 Å². The Labute approximate surface area is 211 Å². The van der Waals surface area contributed by atoms with Crippen molar-refractivity contribution in [3.8, 4) is 11.5 Å². The fraction of sp³-hybridized carbons (Fsp3) is 0.321. The second-order valence-corrected chi connectivity index (χ2v) is 8.87. The Hall–Kier alpha value is -3.91. The number of amides is 2. The van der Waals surface area contributed by atoms with E-state index in [2.05, 4.69) is 15.2 Å². The number of hydrogen-bond acceptors (Lipinski definition) is 6. The van der Waals surface area contributed by atoms with Gasteiger partial charge in [0.25, 0.3) is 5.91 Å². The zero-order valence-corrected chi connectivity index (χ0v) is 21.0. The molecule has 8 nitrogen and oxygen atoms in total. The number of aromatic nitrogens is 1. The number of benzene rings is 2. The van der Waals surface area contributed by atoms with E-state index in [0.29, 0.717) is 56.4 Å². The predicted octanol–water partition coefficient (Wildman–Crippen LogP) is 3.68. The number of nitrogens with one attached hydrogen (secondary N) is 1. The van der Waals surface area contributed by atoms with E-state index in [0.717, 1.165) is 22.4 Å². The van der Waals surface area contributed by atoms with Gasteiger partial charge in [0, 0.05) is 49.8 Å². The highest BCUT2D eigenvalue weighted by molar-refractivity contribution is 5.95.